The molecule has 1 aromatic rings. The van der Waals surface area contributed by atoms with Gasteiger partial charge in [-0.05, 0) is 13.1 Å². The van der Waals surface area contributed by atoms with E-state index >= 15 is 0 Å². The molecule has 0 aromatic heterocycles. The molecule has 78 valence electrons. The third-order valence-corrected chi connectivity index (χ3v) is 2.59. The number of hydrogen-bond acceptors (Lipinski definition) is 2. The molecule has 1 N–H and O–H groups in total. The molecule has 0 aliphatic heterocycles. The number of halogens is 3. The van der Waals surface area contributed by atoms with Gasteiger partial charge < -0.3 is 10.1 Å². The first-order chi connectivity index (χ1) is 6.61. The van der Waals surface area contributed by atoms with Crippen LogP contribution in [0.25, 0.3) is 0 Å². The van der Waals surface area contributed by atoms with Gasteiger partial charge in [-0.3, -0.25) is 0 Å². The van der Waals surface area contributed by atoms with E-state index in [4.69, 9.17) is 27.9 Å². The number of methoxy groups -OCH3 is 1. The minimum Gasteiger partial charge on any atom is -0.495 e. The van der Waals surface area contributed by atoms with E-state index in [1.807, 2.05) is 0 Å². The molecule has 0 aliphatic rings. The number of nitrogens with one attached hydrogen (secondary N) is 1. The van der Waals surface area contributed by atoms with Gasteiger partial charge in [0.1, 0.15) is 16.6 Å². The molecular formula is C9H10Cl2FNO. The Morgan fingerprint density at radius 3 is 2.57 bits per heavy atom. The van der Waals surface area contributed by atoms with E-state index in [2.05, 4.69) is 5.32 Å². The zero-order valence-corrected chi connectivity index (χ0v) is 9.34. The Balaban J connectivity index is 3.28. The van der Waals surface area contributed by atoms with Gasteiger partial charge in [-0.15, -0.1) is 0 Å². The van der Waals surface area contributed by atoms with Gasteiger partial charge in [0.2, 0.25) is 0 Å². The van der Waals surface area contributed by atoms with Crippen molar-refractivity contribution in [3.8, 4) is 5.75 Å². The second kappa shape index (κ2) is 4.82. The van der Waals surface area contributed by atoms with Crippen molar-refractivity contribution in [2.24, 2.45) is 0 Å². The Labute approximate surface area is 92.0 Å². The minimum absolute atomic E-state index is 0.108. The maximum absolute atomic E-state index is 13.2. The number of benzene rings is 1. The summed E-state index contributed by atoms with van der Waals surface area (Å²) < 4.78 is 18.2. The highest BCUT2D eigenvalue weighted by Gasteiger charge is 2.15. The molecule has 0 fully saturated rings. The maximum Gasteiger partial charge on any atom is 0.143 e. The van der Waals surface area contributed by atoms with Gasteiger partial charge in [0.05, 0.1) is 12.1 Å². The van der Waals surface area contributed by atoms with Crippen LogP contribution in [0.15, 0.2) is 6.07 Å². The minimum atomic E-state index is -0.539. The van der Waals surface area contributed by atoms with Crippen molar-refractivity contribution in [1.82, 2.24) is 5.32 Å². The van der Waals surface area contributed by atoms with E-state index in [-0.39, 0.29) is 10.0 Å². The first-order valence-corrected chi connectivity index (χ1v) is 4.72. The highest BCUT2D eigenvalue weighted by atomic mass is 35.5. The van der Waals surface area contributed by atoms with Crippen molar-refractivity contribution in [2.75, 3.05) is 14.2 Å². The van der Waals surface area contributed by atoms with Crippen LogP contribution in [0.1, 0.15) is 5.56 Å². The number of ether oxygens (including phenoxy) is 1. The predicted octanol–water partition coefficient (Wildman–Crippen LogP) is 2.86. The largest absolute Gasteiger partial charge is 0.495 e. The van der Waals surface area contributed by atoms with Crippen LogP contribution >= 0.6 is 23.2 Å². The normalized spacial score (nSPS) is 10.4. The summed E-state index contributed by atoms with van der Waals surface area (Å²) in [5.41, 5.74) is 0.641. The fourth-order valence-electron chi connectivity index (χ4n) is 1.17. The summed E-state index contributed by atoms with van der Waals surface area (Å²) in [4.78, 5) is 0. The van der Waals surface area contributed by atoms with Crippen LogP contribution in [-0.4, -0.2) is 14.2 Å². The van der Waals surface area contributed by atoms with Crippen LogP contribution in [0.5, 0.6) is 5.75 Å². The zero-order valence-electron chi connectivity index (χ0n) is 7.83. The summed E-state index contributed by atoms with van der Waals surface area (Å²) in [6.45, 7) is 0.469. The lowest BCUT2D eigenvalue weighted by Gasteiger charge is -2.11. The quantitative estimate of drug-likeness (QED) is 0.817. The highest BCUT2D eigenvalue weighted by Crippen LogP contribution is 2.36. The summed E-state index contributed by atoms with van der Waals surface area (Å²) in [5, 5.41) is 2.89. The fourth-order valence-corrected chi connectivity index (χ4v) is 1.60. The molecule has 0 unspecified atom stereocenters. The first kappa shape index (κ1) is 11.6. The molecule has 0 bridgehead atoms. The molecule has 5 heteroatoms. The van der Waals surface area contributed by atoms with Crippen molar-refractivity contribution in [3.63, 3.8) is 0 Å². The average Bonchev–Trinajstić information content (AvgIpc) is 2.16. The van der Waals surface area contributed by atoms with E-state index < -0.39 is 5.82 Å². The summed E-state index contributed by atoms with van der Waals surface area (Å²) in [6, 6.07) is 1.31. The molecule has 0 heterocycles. The molecule has 0 saturated heterocycles. The van der Waals surface area contributed by atoms with E-state index in [0.717, 1.165) is 0 Å². The van der Waals surface area contributed by atoms with Crippen molar-refractivity contribution in [2.45, 2.75) is 6.54 Å². The molecule has 0 saturated carbocycles. The Morgan fingerprint density at radius 2 is 2.07 bits per heavy atom. The first-order valence-electron chi connectivity index (χ1n) is 3.96. The van der Waals surface area contributed by atoms with Crippen molar-refractivity contribution < 1.29 is 9.13 Å². The second-order valence-electron chi connectivity index (χ2n) is 2.71. The third kappa shape index (κ3) is 2.11. The Bertz CT molecular complexity index is 344. The van der Waals surface area contributed by atoms with E-state index in [9.17, 15) is 4.39 Å². The molecule has 0 amide bonds. The van der Waals surface area contributed by atoms with Gasteiger partial charge in [-0.1, -0.05) is 23.2 Å². The van der Waals surface area contributed by atoms with Crippen LogP contribution in [0, 0.1) is 5.82 Å². The summed E-state index contributed by atoms with van der Waals surface area (Å²) >= 11 is 11.4. The molecule has 0 aliphatic carbocycles. The SMILES string of the molecule is CNCc1cc(F)c(Cl)c(Cl)c1OC. The maximum atomic E-state index is 13.2. The van der Waals surface area contributed by atoms with E-state index in [1.165, 1.54) is 13.2 Å². The van der Waals surface area contributed by atoms with Gasteiger partial charge in [0.25, 0.3) is 0 Å². The average molecular weight is 238 g/mol. The predicted molar refractivity (Wildman–Crippen MR) is 55.7 cm³/mol. The molecule has 0 radical (unpaired) electrons. The van der Waals surface area contributed by atoms with Gasteiger partial charge in [0.15, 0.2) is 0 Å². The van der Waals surface area contributed by atoms with Crippen LogP contribution in [0.2, 0.25) is 10.0 Å². The van der Waals surface area contributed by atoms with Crippen LogP contribution in [0.4, 0.5) is 4.39 Å². The van der Waals surface area contributed by atoms with Crippen molar-refractivity contribution in [3.05, 3.63) is 27.5 Å². The molecule has 0 spiro atoms. The summed E-state index contributed by atoms with van der Waals surface area (Å²) in [6.07, 6.45) is 0. The smallest absolute Gasteiger partial charge is 0.143 e. The van der Waals surface area contributed by atoms with Gasteiger partial charge >= 0.3 is 0 Å². The van der Waals surface area contributed by atoms with E-state index in [1.54, 1.807) is 7.05 Å². The molecule has 0 atom stereocenters. The lowest BCUT2D eigenvalue weighted by atomic mass is 10.2. The number of hydrogen-bond donors (Lipinski definition) is 1. The fraction of sp³-hybridized carbons (Fsp3) is 0.333. The second-order valence-corrected chi connectivity index (χ2v) is 3.46. The lowest BCUT2D eigenvalue weighted by Crippen LogP contribution is -2.07. The van der Waals surface area contributed by atoms with Gasteiger partial charge in [-0.25, -0.2) is 4.39 Å². The Kier molecular flexibility index (Phi) is 3.98. The van der Waals surface area contributed by atoms with Crippen molar-refractivity contribution in [1.29, 1.82) is 0 Å². The molecule has 2 nitrogen and oxygen atoms in total. The molecule has 1 rings (SSSR count). The Morgan fingerprint density at radius 1 is 1.43 bits per heavy atom. The summed E-state index contributed by atoms with van der Waals surface area (Å²) in [5.74, 6) is -0.130. The van der Waals surface area contributed by atoms with Crippen molar-refractivity contribution >= 4 is 23.2 Å². The van der Waals surface area contributed by atoms with Crippen LogP contribution in [0.3, 0.4) is 0 Å². The number of rotatable bonds is 3. The molecule has 14 heavy (non-hydrogen) atoms. The Hall–Kier alpha value is -0.510. The third-order valence-electron chi connectivity index (χ3n) is 1.77. The van der Waals surface area contributed by atoms with Crippen LogP contribution in [-0.2, 0) is 6.54 Å². The van der Waals surface area contributed by atoms with E-state index in [0.29, 0.717) is 17.9 Å². The monoisotopic (exact) mass is 237 g/mol. The highest BCUT2D eigenvalue weighted by molar-refractivity contribution is 6.43. The van der Waals surface area contributed by atoms with Gasteiger partial charge in [0, 0.05) is 12.1 Å². The molecule has 1 aromatic carbocycles. The van der Waals surface area contributed by atoms with Crippen LogP contribution < -0.4 is 10.1 Å². The zero-order chi connectivity index (χ0) is 10.7. The molecular weight excluding hydrogens is 228 g/mol. The van der Waals surface area contributed by atoms with Gasteiger partial charge in [-0.2, -0.15) is 0 Å². The lowest BCUT2D eigenvalue weighted by molar-refractivity contribution is 0.407. The standard InChI is InChI=1S/C9H10Cl2FNO/c1-13-4-5-3-6(12)7(10)8(11)9(5)14-2/h3,13H,4H2,1-2H3. The topological polar surface area (TPSA) is 21.3 Å². The summed E-state index contributed by atoms with van der Waals surface area (Å²) in [7, 11) is 3.22.